The average Bonchev–Trinajstić information content (AvgIpc) is 2.68. The van der Waals surface area contributed by atoms with E-state index in [4.69, 9.17) is 4.74 Å². The molecule has 0 aliphatic heterocycles. The van der Waals surface area contributed by atoms with Gasteiger partial charge in [-0.1, -0.05) is 34.1 Å². The number of hydrogen-bond donors (Lipinski definition) is 2. The van der Waals surface area contributed by atoms with Gasteiger partial charge in [0.05, 0.1) is 0 Å². The molecule has 2 amide bonds. The van der Waals surface area contributed by atoms with Gasteiger partial charge >= 0.3 is 0 Å². The largest absolute Gasteiger partial charge is 0.457 e. The number of pyridine rings is 1. The molecule has 0 atom stereocenters. The van der Waals surface area contributed by atoms with E-state index in [1.807, 2.05) is 36.4 Å². The number of nitrogens with zero attached hydrogens (tertiary/aromatic N) is 1. The van der Waals surface area contributed by atoms with Crippen LogP contribution in [0.25, 0.3) is 0 Å². The quantitative estimate of drug-likeness (QED) is 0.548. The van der Waals surface area contributed by atoms with Crippen LogP contribution in [-0.2, 0) is 11.2 Å². The van der Waals surface area contributed by atoms with Crippen molar-refractivity contribution in [3.63, 3.8) is 0 Å². The molecule has 2 aromatic carbocycles. The molecule has 3 rings (SSSR count). The summed E-state index contributed by atoms with van der Waals surface area (Å²) in [5.74, 6) is 1.37. The summed E-state index contributed by atoms with van der Waals surface area (Å²) in [5, 5.41) is 5.54. The van der Waals surface area contributed by atoms with E-state index in [1.165, 1.54) is 6.92 Å². The Morgan fingerprint density at radius 3 is 2.62 bits per heavy atom. The summed E-state index contributed by atoms with van der Waals surface area (Å²) >= 11 is 3.37. The number of hydrogen-bond acceptors (Lipinski definition) is 4. The zero-order valence-corrected chi connectivity index (χ0v) is 17.4. The third-order valence-corrected chi connectivity index (χ3v) is 4.45. The van der Waals surface area contributed by atoms with Gasteiger partial charge in [-0.05, 0) is 48.4 Å². The lowest BCUT2D eigenvalue weighted by Crippen LogP contribution is -2.25. The molecular formula is C22H20BrN3O3. The number of anilines is 1. The first-order valence-corrected chi connectivity index (χ1v) is 9.83. The highest BCUT2D eigenvalue weighted by molar-refractivity contribution is 9.10. The molecule has 0 radical (unpaired) electrons. The van der Waals surface area contributed by atoms with Gasteiger partial charge in [0.1, 0.15) is 17.3 Å². The van der Waals surface area contributed by atoms with E-state index in [1.54, 1.807) is 30.5 Å². The maximum Gasteiger partial charge on any atom is 0.251 e. The number of aromatic nitrogens is 1. The highest BCUT2D eigenvalue weighted by Gasteiger charge is 2.06. The zero-order chi connectivity index (χ0) is 20.6. The molecule has 3 aromatic rings. The van der Waals surface area contributed by atoms with Gasteiger partial charge in [-0.15, -0.1) is 0 Å². The molecule has 148 valence electrons. The van der Waals surface area contributed by atoms with Gasteiger partial charge in [-0.3, -0.25) is 9.59 Å². The topological polar surface area (TPSA) is 80.3 Å². The van der Waals surface area contributed by atoms with Gasteiger partial charge in [-0.2, -0.15) is 0 Å². The lowest BCUT2D eigenvalue weighted by atomic mass is 10.1. The van der Waals surface area contributed by atoms with Crippen LogP contribution in [0.15, 0.2) is 71.3 Å². The smallest absolute Gasteiger partial charge is 0.251 e. The number of rotatable bonds is 7. The van der Waals surface area contributed by atoms with Crippen molar-refractivity contribution in [2.75, 3.05) is 11.9 Å². The monoisotopic (exact) mass is 453 g/mol. The Balaban J connectivity index is 1.57. The highest BCUT2D eigenvalue weighted by Crippen LogP contribution is 2.24. The molecule has 0 aliphatic carbocycles. The van der Waals surface area contributed by atoms with Crippen molar-refractivity contribution in [2.45, 2.75) is 13.3 Å². The second-order valence-electron chi connectivity index (χ2n) is 6.32. The first kappa shape index (κ1) is 20.5. The van der Waals surface area contributed by atoms with Crippen molar-refractivity contribution >= 4 is 33.6 Å². The fraction of sp³-hybridized carbons (Fsp3) is 0.136. The van der Waals surface area contributed by atoms with Gasteiger partial charge in [0.15, 0.2) is 0 Å². The zero-order valence-electron chi connectivity index (χ0n) is 15.8. The minimum Gasteiger partial charge on any atom is -0.457 e. The van der Waals surface area contributed by atoms with Crippen molar-refractivity contribution in [3.05, 3.63) is 82.5 Å². The molecule has 0 unspecified atom stereocenters. The van der Waals surface area contributed by atoms with Gasteiger partial charge in [-0.25, -0.2) is 4.98 Å². The predicted molar refractivity (Wildman–Crippen MR) is 115 cm³/mol. The van der Waals surface area contributed by atoms with Crippen molar-refractivity contribution in [1.82, 2.24) is 10.3 Å². The molecule has 0 saturated carbocycles. The first-order valence-electron chi connectivity index (χ1n) is 9.04. The second kappa shape index (κ2) is 9.84. The molecule has 29 heavy (non-hydrogen) atoms. The third kappa shape index (κ3) is 6.43. The standard InChI is InChI=1S/C22H20BrN3O3/c1-15(27)26-21-14-20(9-11-24-21)29-19-7-2-4-16(12-19)8-10-25-22(28)17-5-3-6-18(23)13-17/h2-7,9,11-14H,8,10H2,1H3,(H,25,28)(H,24,26,27). The molecule has 2 N–H and O–H groups in total. The lowest BCUT2D eigenvalue weighted by Gasteiger charge is -2.10. The molecule has 1 aromatic heterocycles. The van der Waals surface area contributed by atoms with Crippen molar-refractivity contribution < 1.29 is 14.3 Å². The van der Waals surface area contributed by atoms with Crippen LogP contribution in [0.5, 0.6) is 11.5 Å². The molecule has 7 heteroatoms. The van der Waals surface area contributed by atoms with Crippen molar-refractivity contribution in [2.24, 2.45) is 0 Å². The van der Waals surface area contributed by atoms with Gasteiger partial charge < -0.3 is 15.4 Å². The van der Waals surface area contributed by atoms with E-state index in [2.05, 4.69) is 31.5 Å². The van der Waals surface area contributed by atoms with Crippen LogP contribution in [-0.4, -0.2) is 23.3 Å². The minimum absolute atomic E-state index is 0.110. The van der Waals surface area contributed by atoms with Crippen LogP contribution < -0.4 is 15.4 Å². The number of carbonyl (C=O) groups excluding carboxylic acids is 2. The number of nitrogens with one attached hydrogen (secondary N) is 2. The van der Waals surface area contributed by atoms with Crippen LogP contribution >= 0.6 is 15.9 Å². The van der Waals surface area contributed by atoms with Crippen LogP contribution in [0.2, 0.25) is 0 Å². The van der Waals surface area contributed by atoms with Crippen LogP contribution in [0.3, 0.4) is 0 Å². The molecule has 0 saturated heterocycles. The molecule has 1 heterocycles. The summed E-state index contributed by atoms with van der Waals surface area (Å²) in [4.78, 5) is 27.4. The van der Waals surface area contributed by atoms with E-state index in [0.29, 0.717) is 35.8 Å². The van der Waals surface area contributed by atoms with Gasteiger partial charge in [0, 0.05) is 35.8 Å². The van der Waals surface area contributed by atoms with Crippen molar-refractivity contribution in [1.29, 1.82) is 0 Å². The molecular weight excluding hydrogens is 434 g/mol. The Hall–Kier alpha value is -3.19. The number of ether oxygens (including phenoxy) is 1. The Morgan fingerprint density at radius 1 is 1.03 bits per heavy atom. The lowest BCUT2D eigenvalue weighted by molar-refractivity contribution is -0.114. The van der Waals surface area contributed by atoms with Crippen LogP contribution in [0.1, 0.15) is 22.8 Å². The fourth-order valence-electron chi connectivity index (χ4n) is 2.68. The summed E-state index contributed by atoms with van der Waals surface area (Å²) in [6.45, 7) is 1.94. The van der Waals surface area contributed by atoms with E-state index in [-0.39, 0.29) is 11.8 Å². The highest BCUT2D eigenvalue weighted by atomic mass is 79.9. The summed E-state index contributed by atoms with van der Waals surface area (Å²) < 4.78 is 6.74. The van der Waals surface area contributed by atoms with Crippen LogP contribution in [0.4, 0.5) is 5.82 Å². The van der Waals surface area contributed by atoms with Crippen LogP contribution in [0, 0.1) is 0 Å². The van der Waals surface area contributed by atoms with E-state index in [9.17, 15) is 9.59 Å². The van der Waals surface area contributed by atoms with Gasteiger partial charge in [0.2, 0.25) is 5.91 Å². The SMILES string of the molecule is CC(=O)Nc1cc(Oc2cccc(CCNC(=O)c3cccc(Br)c3)c2)ccn1. The fourth-order valence-corrected chi connectivity index (χ4v) is 3.08. The maximum absolute atomic E-state index is 12.2. The summed E-state index contributed by atoms with van der Waals surface area (Å²) in [6.07, 6.45) is 2.24. The maximum atomic E-state index is 12.2. The summed E-state index contributed by atoms with van der Waals surface area (Å²) in [6, 6.07) is 18.3. The number of amides is 2. The Bertz CT molecular complexity index is 1020. The van der Waals surface area contributed by atoms with E-state index >= 15 is 0 Å². The Kier molecular flexibility index (Phi) is 6.97. The molecule has 0 fully saturated rings. The summed E-state index contributed by atoms with van der Waals surface area (Å²) in [7, 11) is 0. The molecule has 0 spiro atoms. The number of halogens is 1. The molecule has 0 bridgehead atoms. The van der Waals surface area contributed by atoms with Gasteiger partial charge in [0.25, 0.3) is 5.91 Å². The first-order chi connectivity index (χ1) is 14.0. The Labute approximate surface area is 177 Å². The summed E-state index contributed by atoms with van der Waals surface area (Å²) in [5.41, 5.74) is 1.65. The Morgan fingerprint density at radius 2 is 1.83 bits per heavy atom. The predicted octanol–water partition coefficient (Wildman–Crippen LogP) is 4.57. The average molecular weight is 454 g/mol. The number of benzene rings is 2. The van der Waals surface area contributed by atoms with Crippen molar-refractivity contribution in [3.8, 4) is 11.5 Å². The molecule has 6 nitrogen and oxygen atoms in total. The molecule has 0 aliphatic rings. The number of carbonyl (C=O) groups is 2. The second-order valence-corrected chi connectivity index (χ2v) is 7.24. The normalized spacial score (nSPS) is 10.3. The minimum atomic E-state index is -0.193. The van der Waals surface area contributed by atoms with E-state index < -0.39 is 0 Å². The van der Waals surface area contributed by atoms with E-state index in [0.717, 1.165) is 10.0 Å². The third-order valence-electron chi connectivity index (χ3n) is 3.96.